The van der Waals surface area contributed by atoms with Crippen molar-refractivity contribution in [3.05, 3.63) is 42.5 Å². The average Bonchev–Trinajstić information content (AvgIpc) is 3.11. The highest BCUT2D eigenvalue weighted by Gasteiger charge is 2.28. The van der Waals surface area contributed by atoms with Crippen molar-refractivity contribution in [3.8, 4) is 16.9 Å². The van der Waals surface area contributed by atoms with Gasteiger partial charge >= 0.3 is 0 Å². The van der Waals surface area contributed by atoms with E-state index < -0.39 is 0 Å². The van der Waals surface area contributed by atoms with E-state index in [9.17, 15) is 4.79 Å². The van der Waals surface area contributed by atoms with E-state index in [-0.39, 0.29) is 11.9 Å². The topological polar surface area (TPSA) is 55.3 Å². The number of carbonyl (C=O) groups is 1. The van der Waals surface area contributed by atoms with Gasteiger partial charge in [0, 0.05) is 36.5 Å². The highest BCUT2D eigenvalue weighted by Crippen LogP contribution is 2.32. The van der Waals surface area contributed by atoms with Crippen LogP contribution >= 0.6 is 0 Å². The second-order valence-electron chi connectivity index (χ2n) is 7.49. The summed E-state index contributed by atoms with van der Waals surface area (Å²) in [6.07, 6.45) is 10.7. The van der Waals surface area contributed by atoms with Gasteiger partial charge < -0.3 is 9.64 Å². The first kappa shape index (κ1) is 17.0. The Morgan fingerprint density at radius 1 is 1.19 bits per heavy atom. The minimum absolute atomic E-state index is 0.0832. The van der Waals surface area contributed by atoms with E-state index in [1.54, 1.807) is 12.4 Å². The van der Waals surface area contributed by atoms with Crippen LogP contribution in [0.3, 0.4) is 0 Å². The lowest BCUT2D eigenvalue weighted by atomic mass is 10.0. The van der Waals surface area contributed by atoms with E-state index in [0.29, 0.717) is 25.5 Å². The van der Waals surface area contributed by atoms with Crippen molar-refractivity contribution in [3.63, 3.8) is 0 Å². The fourth-order valence-electron chi connectivity index (χ4n) is 4.02. The lowest BCUT2D eigenvalue weighted by molar-refractivity contribution is -0.135. The van der Waals surface area contributed by atoms with Crippen molar-refractivity contribution in [2.75, 3.05) is 6.61 Å². The van der Waals surface area contributed by atoms with Crippen molar-refractivity contribution in [2.24, 2.45) is 5.92 Å². The van der Waals surface area contributed by atoms with E-state index in [4.69, 9.17) is 4.74 Å². The first-order valence-corrected chi connectivity index (χ1v) is 9.51. The monoisotopic (exact) mass is 351 g/mol. The Morgan fingerprint density at radius 2 is 1.96 bits per heavy atom. The van der Waals surface area contributed by atoms with Gasteiger partial charge in [0.25, 0.3) is 0 Å². The molecule has 2 heterocycles. The van der Waals surface area contributed by atoms with Gasteiger partial charge in [0.1, 0.15) is 18.7 Å². The highest BCUT2D eigenvalue weighted by molar-refractivity contribution is 5.77. The van der Waals surface area contributed by atoms with Gasteiger partial charge in [-0.25, -0.2) is 9.97 Å². The summed E-state index contributed by atoms with van der Waals surface area (Å²) in [6, 6.07) is 6.20. The summed E-state index contributed by atoms with van der Waals surface area (Å²) in [5.41, 5.74) is 3.07. The molecule has 5 nitrogen and oxygen atoms in total. The van der Waals surface area contributed by atoms with E-state index in [1.165, 1.54) is 32.0 Å². The molecule has 5 heteroatoms. The van der Waals surface area contributed by atoms with E-state index >= 15 is 0 Å². The Kier molecular flexibility index (Phi) is 4.87. The standard InChI is InChI=1S/C21H25N3O2/c1-15-13-26-20-7-6-17(19-10-22-14-23-11-19)9-18(20)12-24(15)21(25)8-16-4-2-3-5-16/h6-7,9-11,14-16H,2-5,8,12-13H2,1H3/t15-/m1/s1. The second kappa shape index (κ2) is 7.44. The molecule has 1 aromatic heterocycles. The van der Waals surface area contributed by atoms with E-state index in [2.05, 4.69) is 23.0 Å². The number of amides is 1. The maximum atomic E-state index is 12.9. The van der Waals surface area contributed by atoms with Crippen LogP contribution < -0.4 is 4.74 Å². The SMILES string of the molecule is C[C@@H]1COc2ccc(-c3cncnc3)cc2CN1C(=O)CC1CCCC1. The van der Waals surface area contributed by atoms with Gasteiger partial charge in [-0.15, -0.1) is 0 Å². The van der Waals surface area contributed by atoms with Crippen LogP contribution in [0.1, 0.15) is 44.6 Å². The number of ether oxygens (including phenoxy) is 1. The third-order valence-corrected chi connectivity index (χ3v) is 5.57. The molecule has 0 bridgehead atoms. The zero-order chi connectivity index (χ0) is 17.9. The smallest absolute Gasteiger partial charge is 0.223 e. The molecule has 1 saturated carbocycles. The molecule has 1 aliphatic heterocycles. The van der Waals surface area contributed by atoms with Gasteiger partial charge in [0.2, 0.25) is 5.91 Å². The number of nitrogens with zero attached hydrogens (tertiary/aromatic N) is 3. The minimum atomic E-state index is 0.0832. The average molecular weight is 351 g/mol. The molecule has 0 radical (unpaired) electrons. The largest absolute Gasteiger partial charge is 0.491 e. The van der Waals surface area contributed by atoms with Crippen LogP contribution in [-0.4, -0.2) is 33.4 Å². The van der Waals surface area contributed by atoms with Gasteiger partial charge in [-0.1, -0.05) is 18.9 Å². The molecular formula is C21H25N3O2. The molecule has 0 spiro atoms. The number of carbonyl (C=O) groups excluding carboxylic acids is 1. The second-order valence-corrected chi connectivity index (χ2v) is 7.49. The van der Waals surface area contributed by atoms with Crippen LogP contribution in [-0.2, 0) is 11.3 Å². The van der Waals surface area contributed by atoms with Gasteiger partial charge in [-0.05, 0) is 43.4 Å². The summed E-state index contributed by atoms with van der Waals surface area (Å²) in [6.45, 7) is 3.21. The molecule has 1 atom stereocenters. The summed E-state index contributed by atoms with van der Waals surface area (Å²) in [7, 11) is 0. The molecule has 2 aliphatic rings. The molecule has 0 N–H and O–H groups in total. The molecule has 1 aliphatic carbocycles. The number of fused-ring (bicyclic) bond motifs is 1. The summed E-state index contributed by atoms with van der Waals surface area (Å²) in [5, 5.41) is 0. The molecule has 0 saturated heterocycles. The predicted octanol–water partition coefficient (Wildman–Crippen LogP) is 3.83. The highest BCUT2D eigenvalue weighted by atomic mass is 16.5. The molecular weight excluding hydrogens is 326 g/mol. The number of rotatable bonds is 3. The summed E-state index contributed by atoms with van der Waals surface area (Å²) < 4.78 is 5.98. The normalized spacial score (nSPS) is 20.3. The van der Waals surface area contributed by atoms with Crippen LogP contribution in [0.15, 0.2) is 36.9 Å². The third-order valence-electron chi connectivity index (χ3n) is 5.57. The Hall–Kier alpha value is -2.43. The maximum absolute atomic E-state index is 12.9. The van der Waals surface area contributed by atoms with Crippen molar-refractivity contribution in [2.45, 2.75) is 51.6 Å². The van der Waals surface area contributed by atoms with Crippen LogP contribution in [0.2, 0.25) is 0 Å². The molecule has 2 aromatic rings. The van der Waals surface area contributed by atoms with Crippen LogP contribution in [0.4, 0.5) is 0 Å². The molecule has 26 heavy (non-hydrogen) atoms. The molecule has 1 fully saturated rings. The number of benzene rings is 1. The van der Waals surface area contributed by atoms with Gasteiger partial charge in [-0.3, -0.25) is 4.79 Å². The molecule has 1 aromatic carbocycles. The van der Waals surface area contributed by atoms with Crippen LogP contribution in [0.5, 0.6) is 5.75 Å². The fraction of sp³-hybridized carbons (Fsp3) is 0.476. The fourth-order valence-corrected chi connectivity index (χ4v) is 4.02. The van der Waals surface area contributed by atoms with Crippen molar-refractivity contribution in [1.29, 1.82) is 0 Å². The Balaban J connectivity index is 1.57. The predicted molar refractivity (Wildman–Crippen MR) is 99.6 cm³/mol. The Bertz CT molecular complexity index is 772. The van der Waals surface area contributed by atoms with Crippen molar-refractivity contribution >= 4 is 5.91 Å². The zero-order valence-corrected chi connectivity index (χ0v) is 15.2. The Morgan fingerprint density at radius 3 is 2.73 bits per heavy atom. The molecule has 136 valence electrons. The quantitative estimate of drug-likeness (QED) is 0.843. The summed E-state index contributed by atoms with van der Waals surface area (Å²) in [5.74, 6) is 1.69. The van der Waals surface area contributed by atoms with Gasteiger partial charge in [0.15, 0.2) is 0 Å². The summed E-state index contributed by atoms with van der Waals surface area (Å²) >= 11 is 0. The number of hydrogen-bond acceptors (Lipinski definition) is 4. The summed E-state index contributed by atoms with van der Waals surface area (Å²) in [4.78, 5) is 23.1. The van der Waals surface area contributed by atoms with Gasteiger partial charge in [-0.2, -0.15) is 0 Å². The third kappa shape index (κ3) is 3.57. The van der Waals surface area contributed by atoms with Crippen LogP contribution in [0, 0.1) is 5.92 Å². The molecule has 4 rings (SSSR count). The number of hydrogen-bond donors (Lipinski definition) is 0. The van der Waals surface area contributed by atoms with Crippen molar-refractivity contribution in [1.82, 2.24) is 14.9 Å². The molecule has 0 unspecified atom stereocenters. The number of aromatic nitrogens is 2. The lowest BCUT2D eigenvalue weighted by Gasteiger charge is -2.27. The minimum Gasteiger partial charge on any atom is -0.491 e. The van der Waals surface area contributed by atoms with Crippen LogP contribution in [0.25, 0.3) is 11.1 Å². The molecule has 1 amide bonds. The van der Waals surface area contributed by atoms with E-state index in [1.807, 2.05) is 17.0 Å². The first-order valence-electron chi connectivity index (χ1n) is 9.51. The Labute approximate surface area is 154 Å². The van der Waals surface area contributed by atoms with E-state index in [0.717, 1.165) is 22.4 Å². The lowest BCUT2D eigenvalue weighted by Crippen LogP contribution is -2.40. The zero-order valence-electron chi connectivity index (χ0n) is 15.2. The van der Waals surface area contributed by atoms with Crippen molar-refractivity contribution < 1.29 is 9.53 Å². The van der Waals surface area contributed by atoms with Gasteiger partial charge in [0.05, 0.1) is 6.04 Å². The first-order chi connectivity index (χ1) is 12.7. The maximum Gasteiger partial charge on any atom is 0.223 e.